The summed E-state index contributed by atoms with van der Waals surface area (Å²) in [6.45, 7) is 5.68. The molecule has 6 nitrogen and oxygen atoms in total. The molecule has 6 heteroatoms. The molecule has 2 saturated heterocycles. The highest BCUT2D eigenvalue weighted by atomic mass is 16.3. The number of aliphatic hydroxyl groups is 1. The Bertz CT molecular complexity index is 323. The molecular weight excluding hydrogens is 210 g/mol. The number of amides is 3. The fourth-order valence-corrected chi connectivity index (χ4v) is 1.99. The first-order chi connectivity index (χ1) is 7.40. The van der Waals surface area contributed by atoms with Crippen molar-refractivity contribution in [3.05, 3.63) is 0 Å². The van der Waals surface area contributed by atoms with Crippen molar-refractivity contribution in [3.63, 3.8) is 0 Å². The molecule has 2 fully saturated rings. The van der Waals surface area contributed by atoms with E-state index < -0.39 is 5.54 Å². The molecule has 0 atom stereocenters. The summed E-state index contributed by atoms with van der Waals surface area (Å²) in [7, 11) is 0. The second-order valence-corrected chi connectivity index (χ2v) is 4.93. The fraction of sp³-hybridized carbons (Fsp3) is 0.800. The molecule has 2 heterocycles. The molecule has 90 valence electrons. The number of likely N-dealkylation sites (tertiary alicyclic amines) is 1. The smallest absolute Gasteiger partial charge is 0.325 e. The molecule has 2 N–H and O–H groups in total. The molecule has 0 aromatic rings. The summed E-state index contributed by atoms with van der Waals surface area (Å²) in [5.74, 6) is -0.182. The highest BCUT2D eigenvalue weighted by Crippen LogP contribution is 2.16. The van der Waals surface area contributed by atoms with Crippen LogP contribution in [0, 0.1) is 0 Å². The van der Waals surface area contributed by atoms with E-state index in [0.717, 1.165) is 0 Å². The van der Waals surface area contributed by atoms with Crippen LogP contribution in [0.5, 0.6) is 0 Å². The topological polar surface area (TPSA) is 72.9 Å². The maximum absolute atomic E-state index is 11.8. The van der Waals surface area contributed by atoms with E-state index in [2.05, 4.69) is 5.32 Å². The maximum atomic E-state index is 11.8. The summed E-state index contributed by atoms with van der Waals surface area (Å²) in [4.78, 5) is 26.6. The second kappa shape index (κ2) is 3.71. The summed E-state index contributed by atoms with van der Waals surface area (Å²) in [5.41, 5.74) is -0.786. The summed E-state index contributed by atoms with van der Waals surface area (Å²) < 4.78 is 0. The van der Waals surface area contributed by atoms with E-state index in [9.17, 15) is 9.59 Å². The predicted molar refractivity (Wildman–Crippen MR) is 56.8 cm³/mol. The van der Waals surface area contributed by atoms with Gasteiger partial charge in [0.25, 0.3) is 5.91 Å². The number of hydrogen-bond acceptors (Lipinski definition) is 4. The number of rotatable bonds is 3. The average molecular weight is 227 g/mol. The first-order valence-corrected chi connectivity index (χ1v) is 5.45. The van der Waals surface area contributed by atoms with Crippen LogP contribution in [0.15, 0.2) is 0 Å². The highest BCUT2D eigenvalue weighted by molar-refractivity contribution is 6.06. The van der Waals surface area contributed by atoms with Crippen molar-refractivity contribution in [2.24, 2.45) is 0 Å². The number of nitrogens with one attached hydrogen (secondary N) is 1. The summed E-state index contributed by atoms with van der Waals surface area (Å²) in [6, 6.07) is -0.323. The summed E-state index contributed by atoms with van der Waals surface area (Å²) in [5, 5.41) is 11.7. The number of urea groups is 1. The standard InChI is InChI=1S/C10H17N3O3/c1-10(2)8(15)13(9(16)11-10)4-3-12-5-7(14)6-12/h7,14H,3-6H2,1-2H3,(H,11,16). The van der Waals surface area contributed by atoms with Gasteiger partial charge in [-0.2, -0.15) is 0 Å². The van der Waals surface area contributed by atoms with E-state index in [1.54, 1.807) is 13.8 Å². The van der Waals surface area contributed by atoms with Crippen LogP contribution in [-0.2, 0) is 4.79 Å². The molecule has 0 spiro atoms. The van der Waals surface area contributed by atoms with Crippen LogP contribution in [0.3, 0.4) is 0 Å². The molecule has 3 amide bonds. The number of carbonyl (C=O) groups is 2. The Balaban J connectivity index is 1.86. The second-order valence-electron chi connectivity index (χ2n) is 4.93. The lowest BCUT2D eigenvalue weighted by atomic mass is 10.1. The molecular formula is C10H17N3O3. The van der Waals surface area contributed by atoms with Gasteiger partial charge in [0.1, 0.15) is 5.54 Å². The quantitative estimate of drug-likeness (QED) is 0.606. The van der Waals surface area contributed by atoms with Gasteiger partial charge in [-0.15, -0.1) is 0 Å². The van der Waals surface area contributed by atoms with Crippen molar-refractivity contribution in [2.45, 2.75) is 25.5 Å². The Labute approximate surface area is 94.2 Å². The van der Waals surface area contributed by atoms with E-state index in [4.69, 9.17) is 5.11 Å². The number of aliphatic hydroxyl groups excluding tert-OH is 1. The van der Waals surface area contributed by atoms with Crippen molar-refractivity contribution >= 4 is 11.9 Å². The summed E-state index contributed by atoms with van der Waals surface area (Å²) in [6.07, 6.45) is -0.250. The first-order valence-electron chi connectivity index (χ1n) is 5.45. The lowest BCUT2D eigenvalue weighted by Crippen LogP contribution is -2.53. The van der Waals surface area contributed by atoms with Crippen LogP contribution in [0.2, 0.25) is 0 Å². The van der Waals surface area contributed by atoms with Crippen molar-refractivity contribution in [2.75, 3.05) is 26.2 Å². The molecule has 0 aliphatic carbocycles. The van der Waals surface area contributed by atoms with Gasteiger partial charge in [0.2, 0.25) is 0 Å². The lowest BCUT2D eigenvalue weighted by molar-refractivity contribution is -0.130. The van der Waals surface area contributed by atoms with Crippen molar-refractivity contribution in [3.8, 4) is 0 Å². The predicted octanol–water partition coefficient (Wildman–Crippen LogP) is -1.01. The number of imide groups is 1. The van der Waals surface area contributed by atoms with Gasteiger partial charge >= 0.3 is 6.03 Å². The minimum Gasteiger partial charge on any atom is -0.390 e. The zero-order valence-electron chi connectivity index (χ0n) is 9.56. The molecule has 0 radical (unpaired) electrons. The zero-order valence-corrected chi connectivity index (χ0v) is 9.56. The van der Waals surface area contributed by atoms with Gasteiger partial charge in [-0.3, -0.25) is 14.6 Å². The Kier molecular flexibility index (Phi) is 2.63. The van der Waals surface area contributed by atoms with Gasteiger partial charge < -0.3 is 10.4 Å². The first kappa shape index (κ1) is 11.3. The van der Waals surface area contributed by atoms with Crippen LogP contribution in [-0.4, -0.2) is 64.7 Å². The van der Waals surface area contributed by atoms with Crippen LogP contribution in [0.25, 0.3) is 0 Å². The number of carbonyl (C=O) groups excluding carboxylic acids is 2. The van der Waals surface area contributed by atoms with Crippen LogP contribution in [0.1, 0.15) is 13.8 Å². The molecule has 0 unspecified atom stereocenters. The molecule has 0 bridgehead atoms. The Morgan fingerprint density at radius 3 is 2.44 bits per heavy atom. The van der Waals surface area contributed by atoms with E-state index in [1.807, 2.05) is 4.90 Å². The van der Waals surface area contributed by atoms with E-state index in [-0.39, 0.29) is 18.0 Å². The number of β-amino-alcohol motifs (C(OH)–C–C–N with tert-alkyl or cyclic N) is 1. The Morgan fingerprint density at radius 1 is 1.38 bits per heavy atom. The fourth-order valence-electron chi connectivity index (χ4n) is 1.99. The molecule has 2 aliphatic heterocycles. The van der Waals surface area contributed by atoms with Gasteiger partial charge in [-0.1, -0.05) is 0 Å². The lowest BCUT2D eigenvalue weighted by Gasteiger charge is -2.36. The van der Waals surface area contributed by atoms with Gasteiger partial charge in [-0.25, -0.2) is 4.79 Å². The third kappa shape index (κ3) is 1.90. The largest absolute Gasteiger partial charge is 0.390 e. The van der Waals surface area contributed by atoms with Crippen molar-refractivity contribution in [1.29, 1.82) is 0 Å². The monoisotopic (exact) mass is 227 g/mol. The molecule has 2 aliphatic rings. The third-order valence-corrected chi connectivity index (χ3v) is 3.02. The summed E-state index contributed by atoms with van der Waals surface area (Å²) >= 11 is 0. The van der Waals surface area contributed by atoms with Gasteiger partial charge in [0.15, 0.2) is 0 Å². The van der Waals surface area contributed by atoms with Gasteiger partial charge in [0.05, 0.1) is 6.10 Å². The molecule has 16 heavy (non-hydrogen) atoms. The van der Waals surface area contributed by atoms with Gasteiger partial charge in [-0.05, 0) is 13.8 Å². The number of nitrogens with zero attached hydrogens (tertiary/aromatic N) is 2. The average Bonchev–Trinajstić information content (AvgIpc) is 2.31. The van der Waals surface area contributed by atoms with E-state index in [0.29, 0.717) is 26.2 Å². The minimum atomic E-state index is -0.786. The van der Waals surface area contributed by atoms with Crippen molar-refractivity contribution < 1.29 is 14.7 Å². The maximum Gasteiger partial charge on any atom is 0.325 e. The molecule has 0 saturated carbocycles. The number of hydrogen-bond donors (Lipinski definition) is 2. The van der Waals surface area contributed by atoms with Crippen molar-refractivity contribution in [1.82, 2.24) is 15.1 Å². The van der Waals surface area contributed by atoms with Crippen LogP contribution < -0.4 is 5.32 Å². The van der Waals surface area contributed by atoms with E-state index >= 15 is 0 Å². The van der Waals surface area contributed by atoms with E-state index in [1.165, 1.54) is 4.90 Å². The van der Waals surface area contributed by atoms with Crippen LogP contribution in [0.4, 0.5) is 4.79 Å². The molecule has 2 rings (SSSR count). The Hall–Kier alpha value is -1.14. The molecule has 0 aromatic heterocycles. The minimum absolute atomic E-state index is 0.182. The SMILES string of the molecule is CC1(C)NC(=O)N(CCN2CC(O)C2)C1=O. The normalized spacial score (nSPS) is 25.8. The highest BCUT2D eigenvalue weighted by Gasteiger charge is 2.44. The van der Waals surface area contributed by atoms with Crippen LogP contribution >= 0.6 is 0 Å². The third-order valence-electron chi connectivity index (χ3n) is 3.02. The Morgan fingerprint density at radius 2 is 2.00 bits per heavy atom. The zero-order chi connectivity index (χ0) is 11.9. The van der Waals surface area contributed by atoms with Gasteiger partial charge in [0, 0.05) is 26.2 Å². The molecule has 0 aromatic carbocycles.